The molecule has 0 aliphatic carbocycles. The summed E-state index contributed by atoms with van der Waals surface area (Å²) >= 11 is 1.64. The lowest BCUT2D eigenvalue weighted by atomic mass is 10.1. The molecule has 2 aromatic heterocycles. The Morgan fingerprint density at radius 3 is 2.74 bits per heavy atom. The van der Waals surface area contributed by atoms with E-state index in [4.69, 9.17) is 0 Å². The molecule has 0 bridgehead atoms. The van der Waals surface area contributed by atoms with Gasteiger partial charge in [0.15, 0.2) is 5.43 Å². The molecule has 3 heteroatoms. The number of aromatic nitrogens is 1. The first-order valence-corrected chi connectivity index (χ1v) is 6.85. The minimum Gasteiger partial charge on any atom is -0.288 e. The second-order valence-electron chi connectivity index (χ2n) is 4.44. The van der Waals surface area contributed by atoms with E-state index in [-0.39, 0.29) is 5.43 Å². The molecule has 2 heterocycles. The van der Waals surface area contributed by atoms with Crippen molar-refractivity contribution < 1.29 is 0 Å². The third kappa shape index (κ3) is 1.48. The van der Waals surface area contributed by atoms with Gasteiger partial charge in [0, 0.05) is 26.4 Å². The van der Waals surface area contributed by atoms with Gasteiger partial charge in [0.2, 0.25) is 0 Å². The van der Waals surface area contributed by atoms with E-state index in [0.29, 0.717) is 0 Å². The number of benzene rings is 2. The third-order valence-corrected chi connectivity index (χ3v) is 4.45. The second-order valence-corrected chi connectivity index (χ2v) is 5.52. The maximum Gasteiger partial charge on any atom is 0.198 e. The lowest BCUT2D eigenvalue weighted by Gasteiger charge is -2.03. The van der Waals surface area contributed by atoms with Crippen molar-refractivity contribution in [2.75, 3.05) is 0 Å². The monoisotopic (exact) mass is 263 g/mol. The lowest BCUT2D eigenvalue weighted by Crippen LogP contribution is -2.02. The van der Waals surface area contributed by atoms with Crippen LogP contribution >= 0.6 is 11.3 Å². The molecule has 0 amide bonds. The Morgan fingerprint density at radius 1 is 0.895 bits per heavy atom. The first kappa shape index (κ1) is 10.6. The van der Waals surface area contributed by atoms with E-state index in [1.165, 1.54) is 0 Å². The van der Waals surface area contributed by atoms with E-state index in [9.17, 15) is 4.79 Å². The van der Waals surface area contributed by atoms with Gasteiger partial charge in [0.05, 0.1) is 10.9 Å². The minimum absolute atomic E-state index is 0.0775. The van der Waals surface area contributed by atoms with Crippen LogP contribution in [0.25, 0.3) is 31.1 Å². The summed E-state index contributed by atoms with van der Waals surface area (Å²) in [5.74, 6) is 0. The Hall–Kier alpha value is -2.26. The maximum absolute atomic E-state index is 12.7. The molecule has 0 saturated heterocycles. The highest BCUT2D eigenvalue weighted by Crippen LogP contribution is 2.28. The van der Waals surface area contributed by atoms with Crippen molar-refractivity contribution in [2.45, 2.75) is 0 Å². The Labute approximate surface area is 113 Å². The molecule has 2 aromatic carbocycles. The van der Waals surface area contributed by atoms with Crippen molar-refractivity contribution in [3.05, 3.63) is 65.0 Å². The first-order chi connectivity index (χ1) is 9.34. The molecule has 19 heavy (non-hydrogen) atoms. The van der Waals surface area contributed by atoms with E-state index in [1.807, 2.05) is 48.5 Å². The Morgan fingerprint density at radius 2 is 1.79 bits per heavy atom. The van der Waals surface area contributed by atoms with Crippen molar-refractivity contribution in [3.8, 4) is 0 Å². The molecule has 0 radical (unpaired) electrons. The third-order valence-electron chi connectivity index (χ3n) is 3.32. The van der Waals surface area contributed by atoms with Crippen LogP contribution in [0.4, 0.5) is 0 Å². The van der Waals surface area contributed by atoms with Crippen molar-refractivity contribution >= 4 is 42.4 Å². The van der Waals surface area contributed by atoms with Gasteiger partial charge in [-0.05, 0) is 24.3 Å². The van der Waals surface area contributed by atoms with Gasteiger partial charge in [-0.1, -0.05) is 24.3 Å². The zero-order chi connectivity index (χ0) is 12.8. The molecule has 90 valence electrons. The van der Waals surface area contributed by atoms with Crippen molar-refractivity contribution in [3.63, 3.8) is 0 Å². The summed E-state index contributed by atoms with van der Waals surface area (Å²) in [6.45, 7) is 0. The van der Waals surface area contributed by atoms with Crippen molar-refractivity contribution in [1.29, 1.82) is 0 Å². The summed E-state index contributed by atoms with van der Waals surface area (Å²) < 4.78 is 2.02. The predicted molar refractivity (Wildman–Crippen MR) is 80.9 cm³/mol. The summed E-state index contributed by atoms with van der Waals surface area (Å²) in [6.07, 6.45) is 1.74. The number of hydrogen-bond acceptors (Lipinski definition) is 3. The first-order valence-electron chi connectivity index (χ1n) is 6.04. The summed E-state index contributed by atoms with van der Waals surface area (Å²) in [5.41, 5.74) is 0.876. The van der Waals surface area contributed by atoms with Crippen molar-refractivity contribution in [1.82, 2.24) is 4.98 Å². The molecule has 0 aliphatic heterocycles. The quantitative estimate of drug-likeness (QED) is 0.355. The zero-order valence-electron chi connectivity index (χ0n) is 9.96. The SMILES string of the molecule is O=c1c2ccccc2sc2ccc3cccnc3c12. The number of fused-ring (bicyclic) bond motifs is 4. The molecule has 0 aliphatic rings. The summed E-state index contributed by atoms with van der Waals surface area (Å²) in [6, 6.07) is 15.7. The molecule has 4 rings (SSSR count). The molecule has 0 atom stereocenters. The Balaban J connectivity index is 2.37. The van der Waals surface area contributed by atoms with Crippen LogP contribution in [0, 0.1) is 0 Å². The van der Waals surface area contributed by atoms with Crippen LogP contribution in [0.3, 0.4) is 0 Å². The molecule has 2 nitrogen and oxygen atoms in total. The molecule has 0 spiro atoms. The van der Waals surface area contributed by atoms with Crippen LogP contribution in [0.1, 0.15) is 0 Å². The lowest BCUT2D eigenvalue weighted by molar-refractivity contribution is 1.43. The molecule has 0 unspecified atom stereocenters. The van der Waals surface area contributed by atoms with Gasteiger partial charge in [-0.15, -0.1) is 11.3 Å². The average molecular weight is 263 g/mol. The summed E-state index contributed by atoms with van der Waals surface area (Å²) in [5, 5.41) is 2.52. The maximum atomic E-state index is 12.7. The molecular weight excluding hydrogens is 254 g/mol. The summed E-state index contributed by atoms with van der Waals surface area (Å²) in [7, 11) is 0. The van der Waals surface area contributed by atoms with Crippen molar-refractivity contribution in [2.24, 2.45) is 0 Å². The fourth-order valence-electron chi connectivity index (χ4n) is 2.43. The van der Waals surface area contributed by atoms with E-state index in [2.05, 4.69) is 4.98 Å². The minimum atomic E-state index is 0.0775. The van der Waals surface area contributed by atoms with Gasteiger partial charge >= 0.3 is 0 Å². The summed E-state index contributed by atoms with van der Waals surface area (Å²) in [4.78, 5) is 17.1. The Bertz CT molecular complexity index is 988. The molecule has 0 saturated carbocycles. The van der Waals surface area contributed by atoms with E-state index >= 15 is 0 Å². The predicted octanol–water partition coefficient (Wildman–Crippen LogP) is 3.96. The van der Waals surface area contributed by atoms with Crippen LogP contribution in [0.15, 0.2) is 59.5 Å². The van der Waals surface area contributed by atoms with E-state index in [0.717, 1.165) is 31.1 Å². The van der Waals surface area contributed by atoms with Gasteiger partial charge in [0.1, 0.15) is 0 Å². The van der Waals surface area contributed by atoms with Crippen LogP contribution in [0.5, 0.6) is 0 Å². The van der Waals surface area contributed by atoms with Gasteiger partial charge in [0.25, 0.3) is 0 Å². The Kier molecular flexibility index (Phi) is 2.17. The fraction of sp³-hybridized carbons (Fsp3) is 0. The van der Waals surface area contributed by atoms with E-state index in [1.54, 1.807) is 17.5 Å². The number of pyridine rings is 1. The molecule has 0 fully saturated rings. The van der Waals surface area contributed by atoms with Gasteiger partial charge in [-0.3, -0.25) is 9.78 Å². The highest BCUT2D eigenvalue weighted by Gasteiger charge is 2.09. The van der Waals surface area contributed by atoms with Crippen LogP contribution in [-0.4, -0.2) is 4.98 Å². The van der Waals surface area contributed by atoms with E-state index < -0.39 is 0 Å². The number of rotatable bonds is 0. The normalized spacial score (nSPS) is 11.4. The van der Waals surface area contributed by atoms with Crippen LogP contribution < -0.4 is 5.43 Å². The van der Waals surface area contributed by atoms with Crippen LogP contribution in [0.2, 0.25) is 0 Å². The van der Waals surface area contributed by atoms with Crippen LogP contribution in [-0.2, 0) is 0 Å². The topological polar surface area (TPSA) is 30.0 Å². The zero-order valence-corrected chi connectivity index (χ0v) is 10.8. The largest absolute Gasteiger partial charge is 0.288 e. The molecule has 0 N–H and O–H groups in total. The molecular formula is C16H9NOS. The average Bonchev–Trinajstić information content (AvgIpc) is 2.47. The number of nitrogens with zero attached hydrogens (tertiary/aromatic N) is 1. The smallest absolute Gasteiger partial charge is 0.198 e. The number of hydrogen-bond donors (Lipinski definition) is 0. The standard InChI is InChI=1S/C16H9NOS/c18-16-11-5-1-2-6-12(11)19-13-8-7-10-4-3-9-17-15(10)14(13)16/h1-9H. The fourth-order valence-corrected chi connectivity index (χ4v) is 3.51. The molecule has 4 aromatic rings. The van der Waals surface area contributed by atoms with Gasteiger partial charge in [-0.2, -0.15) is 0 Å². The highest BCUT2D eigenvalue weighted by molar-refractivity contribution is 7.24. The van der Waals surface area contributed by atoms with Gasteiger partial charge in [-0.25, -0.2) is 0 Å². The highest BCUT2D eigenvalue weighted by atomic mass is 32.1. The van der Waals surface area contributed by atoms with Gasteiger partial charge < -0.3 is 0 Å². The second kappa shape index (κ2) is 3.87.